The first-order valence-electron chi connectivity index (χ1n) is 3.75. The highest BCUT2D eigenvalue weighted by Crippen LogP contribution is 2.37. The van der Waals surface area contributed by atoms with Gasteiger partial charge in [-0.2, -0.15) is 0 Å². The van der Waals surface area contributed by atoms with Gasteiger partial charge in [0.05, 0.1) is 11.1 Å². The van der Waals surface area contributed by atoms with Gasteiger partial charge in [-0.3, -0.25) is 4.79 Å². The molecule has 0 spiro atoms. The number of phenolic OH excluding ortho intramolecular Hbond substituents is 1. The lowest BCUT2D eigenvalue weighted by Crippen LogP contribution is -1.97. The van der Waals surface area contributed by atoms with Gasteiger partial charge in [0.2, 0.25) is 0 Å². The van der Waals surface area contributed by atoms with Crippen molar-refractivity contribution in [2.75, 3.05) is 0 Å². The quantitative estimate of drug-likeness (QED) is 0.833. The Morgan fingerprint density at radius 1 is 1.50 bits per heavy atom. The Hall–Kier alpha value is -0.970. The normalized spacial score (nSPS) is 10.6. The number of hydrogen-bond donors (Lipinski definition) is 1. The van der Waals surface area contributed by atoms with Crippen molar-refractivity contribution in [1.29, 1.82) is 0 Å². The molecular weight excluding hydrogens is 258 g/mol. The summed E-state index contributed by atoms with van der Waals surface area (Å²) in [5.41, 5.74) is -0.638. The van der Waals surface area contributed by atoms with Crippen molar-refractivity contribution < 1.29 is 18.7 Å². The van der Waals surface area contributed by atoms with E-state index in [0.717, 1.165) is 0 Å². The highest BCUT2D eigenvalue weighted by Gasteiger charge is 2.20. The molecule has 0 atom stereocenters. The van der Waals surface area contributed by atoms with E-state index in [2.05, 4.69) is 15.9 Å². The second-order valence-corrected chi connectivity index (χ2v) is 3.57. The van der Waals surface area contributed by atoms with E-state index in [1.165, 1.54) is 19.1 Å². The highest BCUT2D eigenvalue weighted by atomic mass is 79.9. The maximum absolute atomic E-state index is 12.4. The first-order valence-corrected chi connectivity index (χ1v) is 4.55. The van der Waals surface area contributed by atoms with E-state index >= 15 is 0 Å². The third kappa shape index (κ3) is 1.92. The van der Waals surface area contributed by atoms with Crippen molar-refractivity contribution in [1.82, 2.24) is 0 Å². The molecule has 0 saturated carbocycles. The molecule has 1 aromatic rings. The van der Waals surface area contributed by atoms with Crippen LogP contribution in [-0.2, 0) is 0 Å². The average molecular weight is 265 g/mol. The molecule has 76 valence electrons. The molecule has 1 N–H and O–H groups in total. The van der Waals surface area contributed by atoms with Gasteiger partial charge in [-0.1, -0.05) is 15.9 Å². The fourth-order valence-electron chi connectivity index (χ4n) is 1.08. The number of halogens is 3. The number of carbonyl (C=O) groups is 1. The fraction of sp³-hybridized carbons (Fsp3) is 0.222. The molecule has 0 bridgehead atoms. The number of Topliss-reactive ketones (excluding diaryl/α,β-unsaturated/α-hetero) is 1. The van der Waals surface area contributed by atoms with E-state index in [1.807, 2.05) is 0 Å². The summed E-state index contributed by atoms with van der Waals surface area (Å²) < 4.78 is 25.0. The van der Waals surface area contributed by atoms with Crippen molar-refractivity contribution in [3.63, 3.8) is 0 Å². The van der Waals surface area contributed by atoms with Crippen LogP contribution in [0.25, 0.3) is 0 Å². The maximum atomic E-state index is 12.4. The van der Waals surface area contributed by atoms with Crippen molar-refractivity contribution in [3.8, 4) is 5.75 Å². The third-order valence-corrected chi connectivity index (χ3v) is 2.45. The number of carbonyl (C=O) groups excluding carboxylic acids is 1. The van der Waals surface area contributed by atoms with Crippen LogP contribution in [0.2, 0.25) is 0 Å². The first kappa shape index (κ1) is 11.1. The summed E-state index contributed by atoms with van der Waals surface area (Å²) in [4.78, 5) is 10.9. The van der Waals surface area contributed by atoms with Gasteiger partial charge in [-0.25, -0.2) is 8.78 Å². The molecule has 0 fully saturated rings. The molecule has 0 radical (unpaired) electrons. The van der Waals surface area contributed by atoms with Crippen LogP contribution in [0.15, 0.2) is 16.6 Å². The predicted octanol–water partition coefficient (Wildman–Crippen LogP) is 3.29. The molecule has 0 amide bonds. The minimum atomic E-state index is -2.82. The molecule has 0 aliphatic rings. The lowest BCUT2D eigenvalue weighted by Gasteiger charge is -2.08. The van der Waals surface area contributed by atoms with E-state index < -0.39 is 23.5 Å². The summed E-state index contributed by atoms with van der Waals surface area (Å²) in [6, 6.07) is 2.62. The monoisotopic (exact) mass is 264 g/mol. The Kier molecular flexibility index (Phi) is 3.21. The maximum Gasteiger partial charge on any atom is 0.268 e. The number of aromatic hydroxyl groups is 1. The van der Waals surface area contributed by atoms with Crippen LogP contribution >= 0.6 is 15.9 Å². The Bertz CT molecular complexity index is 377. The molecule has 2 nitrogen and oxygen atoms in total. The number of alkyl halides is 2. The Labute approximate surface area is 87.7 Å². The molecule has 5 heteroatoms. The molecule has 0 aliphatic heterocycles. The zero-order valence-electron chi connectivity index (χ0n) is 7.22. The first-order chi connectivity index (χ1) is 6.45. The fourth-order valence-corrected chi connectivity index (χ4v) is 1.57. The SMILES string of the molecule is CC(=O)c1ccc(Br)c(C(F)F)c1O. The standard InChI is InChI=1S/C9H7BrF2O2/c1-4(13)5-2-3-6(10)7(8(5)14)9(11)12/h2-3,9,14H,1H3. The Morgan fingerprint density at radius 3 is 2.50 bits per heavy atom. The zero-order valence-corrected chi connectivity index (χ0v) is 8.81. The van der Waals surface area contributed by atoms with Gasteiger partial charge in [-0.15, -0.1) is 0 Å². The summed E-state index contributed by atoms with van der Waals surface area (Å²) in [5, 5.41) is 9.38. The minimum absolute atomic E-state index is 0.0926. The summed E-state index contributed by atoms with van der Waals surface area (Å²) >= 11 is 2.88. The zero-order chi connectivity index (χ0) is 10.9. The van der Waals surface area contributed by atoms with E-state index in [-0.39, 0.29) is 10.0 Å². The third-order valence-electron chi connectivity index (χ3n) is 1.76. The van der Waals surface area contributed by atoms with Crippen LogP contribution in [0.1, 0.15) is 29.3 Å². The smallest absolute Gasteiger partial charge is 0.268 e. The van der Waals surface area contributed by atoms with Crippen LogP contribution < -0.4 is 0 Å². The summed E-state index contributed by atoms with van der Waals surface area (Å²) in [6.07, 6.45) is -2.82. The van der Waals surface area contributed by atoms with Crippen LogP contribution in [0.5, 0.6) is 5.75 Å². The summed E-state index contributed by atoms with van der Waals surface area (Å²) in [5.74, 6) is -1.10. The number of phenols is 1. The second-order valence-electron chi connectivity index (χ2n) is 2.71. The van der Waals surface area contributed by atoms with Gasteiger partial charge in [0.25, 0.3) is 6.43 Å². The van der Waals surface area contributed by atoms with E-state index in [4.69, 9.17) is 0 Å². The lowest BCUT2D eigenvalue weighted by atomic mass is 10.1. The van der Waals surface area contributed by atoms with Crippen molar-refractivity contribution in [2.45, 2.75) is 13.3 Å². The largest absolute Gasteiger partial charge is 0.507 e. The van der Waals surface area contributed by atoms with E-state index in [1.54, 1.807) is 0 Å². The van der Waals surface area contributed by atoms with Gasteiger partial charge in [0, 0.05) is 4.47 Å². The number of hydrogen-bond acceptors (Lipinski definition) is 2. The molecule has 1 rings (SSSR count). The van der Waals surface area contributed by atoms with Crippen molar-refractivity contribution >= 4 is 21.7 Å². The molecule has 0 saturated heterocycles. The van der Waals surface area contributed by atoms with Gasteiger partial charge in [0.15, 0.2) is 5.78 Å². The van der Waals surface area contributed by atoms with Gasteiger partial charge >= 0.3 is 0 Å². The number of benzene rings is 1. The predicted molar refractivity (Wildman–Crippen MR) is 50.8 cm³/mol. The van der Waals surface area contributed by atoms with Crippen molar-refractivity contribution in [2.24, 2.45) is 0 Å². The topological polar surface area (TPSA) is 37.3 Å². The number of ketones is 1. The molecule has 14 heavy (non-hydrogen) atoms. The van der Waals surface area contributed by atoms with Crippen LogP contribution in [-0.4, -0.2) is 10.9 Å². The summed E-state index contributed by atoms with van der Waals surface area (Å²) in [7, 11) is 0. The van der Waals surface area contributed by atoms with E-state index in [9.17, 15) is 18.7 Å². The average Bonchev–Trinajstić information content (AvgIpc) is 2.02. The number of rotatable bonds is 2. The van der Waals surface area contributed by atoms with Crippen LogP contribution in [0, 0.1) is 0 Å². The molecule has 0 aromatic heterocycles. The minimum Gasteiger partial charge on any atom is -0.507 e. The Balaban J connectivity index is 3.41. The molecule has 0 aliphatic carbocycles. The van der Waals surface area contributed by atoms with Gasteiger partial charge in [-0.05, 0) is 19.1 Å². The van der Waals surface area contributed by atoms with Crippen LogP contribution in [0.3, 0.4) is 0 Å². The molecule has 0 heterocycles. The van der Waals surface area contributed by atoms with Gasteiger partial charge < -0.3 is 5.11 Å². The van der Waals surface area contributed by atoms with Crippen LogP contribution in [0.4, 0.5) is 8.78 Å². The van der Waals surface area contributed by atoms with Crippen molar-refractivity contribution in [3.05, 3.63) is 27.7 Å². The molecule has 0 unspecified atom stereocenters. The van der Waals surface area contributed by atoms with E-state index in [0.29, 0.717) is 0 Å². The highest BCUT2D eigenvalue weighted by molar-refractivity contribution is 9.10. The Morgan fingerprint density at radius 2 is 2.07 bits per heavy atom. The summed E-state index contributed by atoms with van der Waals surface area (Å²) in [6.45, 7) is 1.21. The second kappa shape index (κ2) is 4.04. The molecule has 1 aromatic carbocycles. The van der Waals surface area contributed by atoms with Gasteiger partial charge in [0.1, 0.15) is 5.75 Å². The molecular formula is C9H7BrF2O2. The lowest BCUT2D eigenvalue weighted by molar-refractivity contribution is 0.101.